The number of aliphatic carboxylic acids is 1. The molecule has 0 amide bonds. The summed E-state index contributed by atoms with van der Waals surface area (Å²) < 4.78 is 24.8. The molecule has 2 N–H and O–H groups in total. The monoisotopic (exact) mass is 257 g/mol. The average Bonchev–Trinajstić information content (AvgIpc) is 2.35. The van der Waals surface area contributed by atoms with E-state index in [1.807, 2.05) is 13.8 Å². The second kappa shape index (κ2) is 6.44. The third kappa shape index (κ3) is 3.77. The lowest BCUT2D eigenvalue weighted by atomic mass is 10.0. The van der Waals surface area contributed by atoms with Crippen molar-refractivity contribution in [3.63, 3.8) is 0 Å². The number of benzene rings is 1. The van der Waals surface area contributed by atoms with E-state index in [2.05, 4.69) is 5.32 Å². The molecule has 0 saturated heterocycles. The Hall–Kier alpha value is -1.49. The van der Waals surface area contributed by atoms with Crippen LogP contribution in [0.5, 0.6) is 0 Å². The molecule has 0 saturated carbocycles. The summed E-state index contributed by atoms with van der Waals surface area (Å²) in [6.45, 7) is 3.82. The number of halogens is 2. The summed E-state index contributed by atoms with van der Waals surface area (Å²) in [6, 6.07) is 4.54. The van der Waals surface area contributed by atoms with Crippen molar-refractivity contribution in [1.82, 2.24) is 5.32 Å². The molecule has 0 aliphatic carbocycles. The van der Waals surface area contributed by atoms with E-state index >= 15 is 0 Å². The Balaban J connectivity index is 2.89. The van der Waals surface area contributed by atoms with Crippen molar-refractivity contribution in [2.45, 2.75) is 38.8 Å². The normalized spacial score (nSPS) is 14.5. The van der Waals surface area contributed by atoms with Crippen LogP contribution in [0.2, 0.25) is 0 Å². The first-order valence-corrected chi connectivity index (χ1v) is 5.82. The molecule has 3 nitrogen and oxygen atoms in total. The highest BCUT2D eigenvalue weighted by Gasteiger charge is 2.21. The van der Waals surface area contributed by atoms with Crippen molar-refractivity contribution in [2.24, 2.45) is 0 Å². The van der Waals surface area contributed by atoms with Gasteiger partial charge in [0.1, 0.15) is 6.04 Å². The van der Waals surface area contributed by atoms with Crippen LogP contribution in [0.15, 0.2) is 24.3 Å². The van der Waals surface area contributed by atoms with Crippen molar-refractivity contribution in [2.75, 3.05) is 0 Å². The van der Waals surface area contributed by atoms with Crippen LogP contribution in [-0.2, 0) is 4.79 Å². The second-order valence-electron chi connectivity index (χ2n) is 4.21. The van der Waals surface area contributed by atoms with Crippen LogP contribution in [-0.4, -0.2) is 17.1 Å². The largest absolute Gasteiger partial charge is 0.480 e. The number of hydrogen-bond donors (Lipinski definition) is 2. The Morgan fingerprint density at radius 1 is 1.28 bits per heavy atom. The Morgan fingerprint density at radius 3 is 2.17 bits per heavy atom. The van der Waals surface area contributed by atoms with Gasteiger partial charge in [-0.05, 0) is 18.9 Å². The third-order valence-electron chi connectivity index (χ3n) is 2.83. The molecule has 0 aromatic heterocycles. The summed E-state index contributed by atoms with van der Waals surface area (Å²) in [4.78, 5) is 11.2. The molecule has 1 rings (SSSR count). The maximum Gasteiger partial charge on any atom is 0.325 e. The fourth-order valence-corrected chi connectivity index (χ4v) is 1.55. The Bertz CT molecular complexity index is 392. The minimum Gasteiger partial charge on any atom is -0.480 e. The Morgan fingerprint density at radius 2 is 1.78 bits per heavy atom. The van der Waals surface area contributed by atoms with E-state index in [0.29, 0.717) is 5.56 Å². The van der Waals surface area contributed by atoms with Crippen LogP contribution in [0.25, 0.3) is 0 Å². The summed E-state index contributed by atoms with van der Waals surface area (Å²) in [7, 11) is 0. The predicted octanol–water partition coefficient (Wildman–Crippen LogP) is 3.14. The van der Waals surface area contributed by atoms with E-state index < -0.39 is 18.4 Å². The van der Waals surface area contributed by atoms with Crippen molar-refractivity contribution in [3.8, 4) is 0 Å². The lowest BCUT2D eigenvalue weighted by molar-refractivity contribution is -0.139. The number of carboxylic acid groups (broad SMARTS) is 1. The summed E-state index contributed by atoms with van der Waals surface area (Å²) in [6.07, 6.45) is -1.75. The summed E-state index contributed by atoms with van der Waals surface area (Å²) in [5.74, 6) is -1.01. The van der Waals surface area contributed by atoms with E-state index in [1.165, 1.54) is 24.3 Å². The predicted molar refractivity (Wildman–Crippen MR) is 64.7 cm³/mol. The van der Waals surface area contributed by atoms with Crippen LogP contribution in [0.4, 0.5) is 8.78 Å². The lowest BCUT2D eigenvalue weighted by Crippen LogP contribution is -2.34. The van der Waals surface area contributed by atoms with Crippen molar-refractivity contribution >= 4 is 5.97 Å². The van der Waals surface area contributed by atoms with E-state index in [4.69, 9.17) is 5.11 Å². The van der Waals surface area contributed by atoms with Gasteiger partial charge in [-0.25, -0.2) is 8.78 Å². The topological polar surface area (TPSA) is 49.3 Å². The van der Waals surface area contributed by atoms with Crippen LogP contribution in [0, 0.1) is 0 Å². The van der Waals surface area contributed by atoms with Crippen molar-refractivity contribution < 1.29 is 18.7 Å². The molecule has 0 aliphatic rings. The molecule has 1 aromatic rings. The molecular weight excluding hydrogens is 240 g/mol. The lowest BCUT2D eigenvalue weighted by Gasteiger charge is -2.19. The minimum atomic E-state index is -2.54. The van der Waals surface area contributed by atoms with Crippen LogP contribution >= 0.6 is 0 Å². The van der Waals surface area contributed by atoms with Gasteiger partial charge in [-0.3, -0.25) is 10.1 Å². The number of alkyl halides is 2. The molecule has 0 heterocycles. The molecule has 2 atom stereocenters. The molecule has 100 valence electrons. The fraction of sp³-hybridized carbons (Fsp3) is 0.462. The SMILES string of the molecule is CCC(C)NC(C(=O)O)c1ccc(C(F)F)cc1. The standard InChI is InChI=1S/C13H17F2NO2/c1-3-8(2)16-11(13(17)18)9-4-6-10(7-5-9)12(14)15/h4-8,11-12,16H,3H2,1-2H3,(H,17,18). The molecule has 2 unspecified atom stereocenters. The number of nitrogens with one attached hydrogen (secondary N) is 1. The van der Waals surface area contributed by atoms with Gasteiger partial charge in [0.15, 0.2) is 0 Å². The number of carboxylic acids is 1. The van der Waals surface area contributed by atoms with Crippen LogP contribution in [0.1, 0.15) is 43.9 Å². The van der Waals surface area contributed by atoms with Gasteiger partial charge in [-0.15, -0.1) is 0 Å². The molecular formula is C13H17F2NO2. The van der Waals surface area contributed by atoms with E-state index in [-0.39, 0.29) is 11.6 Å². The van der Waals surface area contributed by atoms with Gasteiger partial charge in [-0.2, -0.15) is 0 Å². The van der Waals surface area contributed by atoms with E-state index in [1.54, 1.807) is 0 Å². The second-order valence-corrected chi connectivity index (χ2v) is 4.21. The smallest absolute Gasteiger partial charge is 0.325 e. The number of carbonyl (C=O) groups is 1. The highest BCUT2D eigenvalue weighted by atomic mass is 19.3. The molecule has 0 radical (unpaired) electrons. The fourth-order valence-electron chi connectivity index (χ4n) is 1.55. The molecule has 1 aromatic carbocycles. The first-order valence-electron chi connectivity index (χ1n) is 5.82. The van der Waals surface area contributed by atoms with Gasteiger partial charge >= 0.3 is 5.97 Å². The Kier molecular flexibility index (Phi) is 5.22. The quantitative estimate of drug-likeness (QED) is 0.823. The molecule has 0 fully saturated rings. The van der Waals surface area contributed by atoms with E-state index in [0.717, 1.165) is 6.42 Å². The van der Waals surface area contributed by atoms with Gasteiger partial charge in [-0.1, -0.05) is 31.2 Å². The van der Waals surface area contributed by atoms with Gasteiger partial charge in [0.2, 0.25) is 0 Å². The zero-order chi connectivity index (χ0) is 13.7. The first kappa shape index (κ1) is 14.6. The van der Waals surface area contributed by atoms with E-state index in [9.17, 15) is 13.6 Å². The maximum atomic E-state index is 12.4. The molecule has 0 spiro atoms. The number of hydrogen-bond acceptors (Lipinski definition) is 2. The Labute approximate surface area is 105 Å². The maximum absolute atomic E-state index is 12.4. The van der Waals surface area contributed by atoms with Crippen molar-refractivity contribution in [3.05, 3.63) is 35.4 Å². The first-order chi connectivity index (χ1) is 8.45. The summed E-state index contributed by atoms with van der Waals surface area (Å²) in [5.41, 5.74) is 0.374. The third-order valence-corrected chi connectivity index (χ3v) is 2.83. The number of rotatable bonds is 6. The summed E-state index contributed by atoms with van der Waals surface area (Å²) in [5, 5.41) is 12.1. The summed E-state index contributed by atoms with van der Waals surface area (Å²) >= 11 is 0. The van der Waals surface area contributed by atoms with Gasteiger partial charge in [0, 0.05) is 11.6 Å². The van der Waals surface area contributed by atoms with Gasteiger partial charge < -0.3 is 5.11 Å². The zero-order valence-corrected chi connectivity index (χ0v) is 10.4. The van der Waals surface area contributed by atoms with Crippen LogP contribution in [0.3, 0.4) is 0 Å². The average molecular weight is 257 g/mol. The minimum absolute atomic E-state index is 0.0425. The van der Waals surface area contributed by atoms with Crippen LogP contribution < -0.4 is 5.32 Å². The molecule has 5 heteroatoms. The highest BCUT2D eigenvalue weighted by Crippen LogP contribution is 2.22. The molecule has 18 heavy (non-hydrogen) atoms. The van der Waals surface area contributed by atoms with Gasteiger partial charge in [0.25, 0.3) is 6.43 Å². The zero-order valence-electron chi connectivity index (χ0n) is 10.4. The molecule has 0 bridgehead atoms. The van der Waals surface area contributed by atoms with Crippen molar-refractivity contribution in [1.29, 1.82) is 0 Å². The highest BCUT2D eigenvalue weighted by molar-refractivity contribution is 5.75. The molecule has 0 aliphatic heterocycles. The van der Waals surface area contributed by atoms with Gasteiger partial charge in [0.05, 0.1) is 0 Å².